The summed E-state index contributed by atoms with van der Waals surface area (Å²) >= 11 is 0. The van der Waals surface area contributed by atoms with E-state index in [9.17, 15) is 15.2 Å². The van der Waals surface area contributed by atoms with Crippen molar-refractivity contribution in [2.45, 2.75) is 0 Å². The molecular weight excluding hydrogens is 288 g/mol. The maximum absolute atomic E-state index is 10.8. The summed E-state index contributed by atoms with van der Waals surface area (Å²) in [5.41, 5.74) is 0.620. The van der Waals surface area contributed by atoms with Crippen molar-refractivity contribution in [2.24, 2.45) is 4.99 Å². The normalized spacial score (nSPS) is 10.6. The van der Waals surface area contributed by atoms with Gasteiger partial charge in [-0.15, -0.1) is 0 Å². The SMILES string of the molecule is COc1ccc(O)c(C=Nc2cc([N+](=O)[O-])ccc2OC)c1. The van der Waals surface area contributed by atoms with Crippen LogP contribution in [0.15, 0.2) is 41.4 Å². The molecule has 0 saturated carbocycles. The van der Waals surface area contributed by atoms with E-state index in [4.69, 9.17) is 9.47 Å². The number of rotatable bonds is 5. The van der Waals surface area contributed by atoms with Gasteiger partial charge in [0.25, 0.3) is 5.69 Å². The largest absolute Gasteiger partial charge is 0.507 e. The summed E-state index contributed by atoms with van der Waals surface area (Å²) in [4.78, 5) is 14.5. The minimum Gasteiger partial charge on any atom is -0.507 e. The number of non-ortho nitro benzene ring substituents is 1. The third-order valence-corrected chi connectivity index (χ3v) is 2.95. The van der Waals surface area contributed by atoms with Gasteiger partial charge in [0, 0.05) is 23.9 Å². The molecule has 7 nitrogen and oxygen atoms in total. The molecule has 0 amide bonds. The van der Waals surface area contributed by atoms with Crippen LogP contribution in [0.3, 0.4) is 0 Å². The molecule has 0 radical (unpaired) electrons. The van der Waals surface area contributed by atoms with Crippen LogP contribution in [0.4, 0.5) is 11.4 Å². The second-order valence-electron chi connectivity index (χ2n) is 4.30. The molecule has 2 aromatic rings. The molecule has 2 rings (SSSR count). The lowest BCUT2D eigenvalue weighted by molar-refractivity contribution is -0.384. The molecule has 0 aliphatic heterocycles. The zero-order valence-electron chi connectivity index (χ0n) is 12.0. The molecule has 114 valence electrons. The fourth-order valence-corrected chi connectivity index (χ4v) is 1.79. The molecule has 0 bridgehead atoms. The topological polar surface area (TPSA) is 94.2 Å². The molecule has 7 heteroatoms. The fourth-order valence-electron chi connectivity index (χ4n) is 1.79. The third kappa shape index (κ3) is 3.32. The molecule has 0 atom stereocenters. The van der Waals surface area contributed by atoms with Crippen LogP contribution in [-0.2, 0) is 0 Å². The van der Waals surface area contributed by atoms with Gasteiger partial charge in [-0.3, -0.25) is 15.1 Å². The van der Waals surface area contributed by atoms with Gasteiger partial charge in [0.1, 0.15) is 22.9 Å². The maximum Gasteiger partial charge on any atom is 0.271 e. The van der Waals surface area contributed by atoms with Crippen LogP contribution in [0.5, 0.6) is 17.2 Å². The summed E-state index contributed by atoms with van der Waals surface area (Å²) in [6, 6.07) is 8.79. The van der Waals surface area contributed by atoms with E-state index in [2.05, 4.69) is 4.99 Å². The van der Waals surface area contributed by atoms with Gasteiger partial charge in [-0.1, -0.05) is 0 Å². The fraction of sp³-hybridized carbons (Fsp3) is 0.133. The highest BCUT2D eigenvalue weighted by molar-refractivity contribution is 5.86. The molecule has 0 aliphatic carbocycles. The summed E-state index contributed by atoms with van der Waals surface area (Å²) in [6.45, 7) is 0. The molecule has 1 N–H and O–H groups in total. The van der Waals surface area contributed by atoms with Crippen LogP contribution < -0.4 is 9.47 Å². The number of methoxy groups -OCH3 is 2. The Kier molecular flexibility index (Phi) is 4.57. The first-order valence-electron chi connectivity index (χ1n) is 6.28. The van der Waals surface area contributed by atoms with E-state index in [-0.39, 0.29) is 11.4 Å². The van der Waals surface area contributed by atoms with Crippen molar-refractivity contribution in [3.05, 3.63) is 52.1 Å². The number of nitrogens with zero attached hydrogens (tertiary/aromatic N) is 2. The van der Waals surface area contributed by atoms with Gasteiger partial charge in [0.15, 0.2) is 0 Å². The third-order valence-electron chi connectivity index (χ3n) is 2.95. The molecule has 0 unspecified atom stereocenters. The molecule has 2 aromatic carbocycles. The van der Waals surface area contributed by atoms with Crippen LogP contribution in [-0.4, -0.2) is 30.5 Å². The predicted octanol–water partition coefficient (Wildman–Crippen LogP) is 3.07. The van der Waals surface area contributed by atoms with Crippen LogP contribution in [0.25, 0.3) is 0 Å². The van der Waals surface area contributed by atoms with Crippen molar-refractivity contribution < 1.29 is 19.5 Å². The summed E-state index contributed by atoms with van der Waals surface area (Å²) in [7, 11) is 2.96. The van der Waals surface area contributed by atoms with Crippen molar-refractivity contribution in [2.75, 3.05) is 14.2 Å². The van der Waals surface area contributed by atoms with E-state index in [1.807, 2.05) is 0 Å². The monoisotopic (exact) mass is 302 g/mol. The summed E-state index contributed by atoms with van der Waals surface area (Å²) in [5.74, 6) is 0.975. The number of nitro groups is 1. The summed E-state index contributed by atoms with van der Waals surface area (Å²) in [6.07, 6.45) is 1.39. The first-order valence-corrected chi connectivity index (χ1v) is 6.28. The lowest BCUT2D eigenvalue weighted by atomic mass is 10.2. The Balaban J connectivity index is 2.40. The number of benzene rings is 2. The van der Waals surface area contributed by atoms with Crippen molar-refractivity contribution >= 4 is 17.6 Å². The second kappa shape index (κ2) is 6.57. The Morgan fingerprint density at radius 3 is 2.59 bits per heavy atom. The number of phenolic OH excluding ortho intramolecular Hbond substituents is 1. The number of aliphatic imine (C=N–C) groups is 1. The Bertz CT molecular complexity index is 728. The molecule has 0 aliphatic rings. The minimum atomic E-state index is -0.512. The Hall–Kier alpha value is -3.09. The second-order valence-corrected chi connectivity index (χ2v) is 4.30. The number of ether oxygens (including phenoxy) is 2. The Morgan fingerprint density at radius 2 is 1.95 bits per heavy atom. The van der Waals surface area contributed by atoms with Gasteiger partial charge < -0.3 is 14.6 Å². The number of hydrogen-bond acceptors (Lipinski definition) is 6. The highest BCUT2D eigenvalue weighted by Gasteiger charge is 2.10. The summed E-state index contributed by atoms with van der Waals surface area (Å²) < 4.78 is 10.2. The first kappa shape index (κ1) is 15.3. The molecule has 0 aromatic heterocycles. The predicted molar refractivity (Wildman–Crippen MR) is 81.6 cm³/mol. The van der Waals surface area contributed by atoms with Crippen molar-refractivity contribution in [1.29, 1.82) is 0 Å². The van der Waals surface area contributed by atoms with Crippen LogP contribution in [0.2, 0.25) is 0 Å². The van der Waals surface area contributed by atoms with Gasteiger partial charge in [-0.05, 0) is 24.3 Å². The Morgan fingerprint density at radius 1 is 1.18 bits per heavy atom. The van der Waals surface area contributed by atoms with E-state index >= 15 is 0 Å². The van der Waals surface area contributed by atoms with Crippen LogP contribution >= 0.6 is 0 Å². The number of aromatic hydroxyl groups is 1. The zero-order valence-corrected chi connectivity index (χ0v) is 12.0. The summed E-state index contributed by atoms with van der Waals surface area (Å²) in [5, 5.41) is 20.6. The van der Waals surface area contributed by atoms with E-state index in [1.165, 1.54) is 44.7 Å². The molecular formula is C15H14N2O5. The van der Waals surface area contributed by atoms with Gasteiger partial charge in [0.2, 0.25) is 0 Å². The average molecular weight is 302 g/mol. The zero-order chi connectivity index (χ0) is 16.1. The quantitative estimate of drug-likeness (QED) is 0.520. The molecule has 0 spiro atoms. The van der Waals surface area contributed by atoms with Crippen LogP contribution in [0.1, 0.15) is 5.56 Å². The number of nitro benzene ring substituents is 1. The van der Waals surface area contributed by atoms with E-state index < -0.39 is 4.92 Å². The highest BCUT2D eigenvalue weighted by Crippen LogP contribution is 2.32. The van der Waals surface area contributed by atoms with Gasteiger partial charge in [-0.2, -0.15) is 0 Å². The molecule has 0 fully saturated rings. The highest BCUT2D eigenvalue weighted by atomic mass is 16.6. The molecule has 0 saturated heterocycles. The van der Waals surface area contributed by atoms with E-state index in [0.29, 0.717) is 22.7 Å². The van der Waals surface area contributed by atoms with Crippen LogP contribution in [0, 0.1) is 10.1 Å². The first-order chi connectivity index (χ1) is 10.5. The average Bonchev–Trinajstić information content (AvgIpc) is 2.53. The number of hydrogen-bond donors (Lipinski definition) is 1. The Labute approximate surface area is 126 Å². The van der Waals surface area contributed by atoms with E-state index in [0.717, 1.165) is 0 Å². The lowest BCUT2D eigenvalue weighted by Crippen LogP contribution is -1.90. The smallest absolute Gasteiger partial charge is 0.271 e. The molecule has 0 heterocycles. The van der Waals surface area contributed by atoms with Gasteiger partial charge >= 0.3 is 0 Å². The van der Waals surface area contributed by atoms with Gasteiger partial charge in [-0.25, -0.2) is 0 Å². The van der Waals surface area contributed by atoms with E-state index in [1.54, 1.807) is 12.1 Å². The number of phenols is 1. The molecule has 22 heavy (non-hydrogen) atoms. The maximum atomic E-state index is 10.8. The lowest BCUT2D eigenvalue weighted by Gasteiger charge is -2.05. The van der Waals surface area contributed by atoms with Crippen molar-refractivity contribution in [3.63, 3.8) is 0 Å². The van der Waals surface area contributed by atoms with Gasteiger partial charge in [0.05, 0.1) is 19.1 Å². The van der Waals surface area contributed by atoms with Crippen molar-refractivity contribution in [1.82, 2.24) is 0 Å². The minimum absolute atomic E-state index is 0.0222. The van der Waals surface area contributed by atoms with Crippen molar-refractivity contribution in [3.8, 4) is 17.2 Å². The standard InChI is InChI=1S/C15H14N2O5/c1-21-12-4-5-14(18)10(7-12)9-16-13-8-11(17(19)20)3-6-15(13)22-2/h3-9,18H,1-2H3.